The van der Waals surface area contributed by atoms with Crippen LogP contribution < -0.4 is 0 Å². The zero-order valence-electron chi connectivity index (χ0n) is 7.75. The van der Waals surface area contributed by atoms with Crippen LogP contribution in [0.25, 0.3) is 0 Å². The van der Waals surface area contributed by atoms with Crippen molar-refractivity contribution in [2.45, 2.75) is 45.4 Å². The molecule has 0 aliphatic carbocycles. The Morgan fingerprint density at radius 2 is 2.00 bits per heavy atom. The third-order valence-corrected chi connectivity index (χ3v) is 1.95. The Morgan fingerprint density at radius 3 is 2.50 bits per heavy atom. The second kappa shape index (κ2) is 8.26. The third kappa shape index (κ3) is 5.91. The molecule has 0 spiro atoms. The monoisotopic (exact) mass is 167 g/mol. The summed E-state index contributed by atoms with van der Waals surface area (Å²) in [6, 6.07) is 1.97. The maximum absolute atomic E-state index is 10.2. The van der Waals surface area contributed by atoms with Crippen molar-refractivity contribution in [3.63, 3.8) is 0 Å². The zero-order valence-corrected chi connectivity index (χ0v) is 7.75. The lowest BCUT2D eigenvalue weighted by Gasteiger charge is -2.00. The quantitative estimate of drug-likeness (QED) is 0.432. The number of rotatable bonds is 7. The van der Waals surface area contributed by atoms with E-state index in [9.17, 15) is 4.79 Å². The predicted molar refractivity (Wildman–Crippen MR) is 48.5 cm³/mol. The molecule has 0 amide bonds. The first-order chi connectivity index (χ1) is 5.85. The number of nitrogens with zero attached hydrogens (tertiary/aromatic N) is 1. The molecule has 0 radical (unpaired) electrons. The Kier molecular flexibility index (Phi) is 7.68. The molecular formula is C10H17NO. The molecule has 68 valence electrons. The Labute approximate surface area is 74.6 Å². The smallest absolute Gasteiger partial charge is 0.137 e. The van der Waals surface area contributed by atoms with Gasteiger partial charge in [-0.25, -0.2) is 0 Å². The summed E-state index contributed by atoms with van der Waals surface area (Å²) in [7, 11) is 0. The SMILES string of the molecule is CCCCCCCC(C#N)C=O. The average molecular weight is 167 g/mol. The molecule has 2 heteroatoms. The van der Waals surface area contributed by atoms with Gasteiger partial charge in [-0.1, -0.05) is 39.0 Å². The molecule has 2 nitrogen and oxygen atoms in total. The van der Waals surface area contributed by atoms with E-state index in [0.29, 0.717) is 0 Å². The van der Waals surface area contributed by atoms with E-state index >= 15 is 0 Å². The number of carbonyl (C=O) groups excluding carboxylic acids is 1. The van der Waals surface area contributed by atoms with Crippen molar-refractivity contribution in [3.05, 3.63) is 0 Å². The van der Waals surface area contributed by atoms with Gasteiger partial charge in [-0.15, -0.1) is 0 Å². The molecule has 0 aromatic rings. The van der Waals surface area contributed by atoms with Crippen molar-refractivity contribution in [1.29, 1.82) is 5.26 Å². The summed E-state index contributed by atoms with van der Waals surface area (Å²) in [5.74, 6) is -0.369. The van der Waals surface area contributed by atoms with Gasteiger partial charge < -0.3 is 4.79 Å². The molecule has 0 bridgehead atoms. The summed E-state index contributed by atoms with van der Waals surface area (Å²) >= 11 is 0. The van der Waals surface area contributed by atoms with E-state index < -0.39 is 0 Å². The first kappa shape index (κ1) is 11.2. The van der Waals surface area contributed by atoms with Gasteiger partial charge >= 0.3 is 0 Å². The Hall–Kier alpha value is -0.840. The molecule has 1 atom stereocenters. The van der Waals surface area contributed by atoms with E-state index in [-0.39, 0.29) is 5.92 Å². The molecule has 0 aromatic heterocycles. The van der Waals surface area contributed by atoms with Crippen molar-refractivity contribution in [1.82, 2.24) is 0 Å². The Balaban J connectivity index is 3.19. The van der Waals surface area contributed by atoms with E-state index in [2.05, 4.69) is 6.92 Å². The van der Waals surface area contributed by atoms with Gasteiger partial charge in [0.2, 0.25) is 0 Å². The maximum atomic E-state index is 10.2. The van der Waals surface area contributed by atoms with E-state index in [1.54, 1.807) is 0 Å². The van der Waals surface area contributed by atoms with Crippen LogP contribution in [-0.2, 0) is 4.79 Å². The molecule has 0 rings (SSSR count). The number of nitriles is 1. The van der Waals surface area contributed by atoms with E-state index in [0.717, 1.165) is 25.5 Å². The highest BCUT2D eigenvalue weighted by atomic mass is 16.1. The fourth-order valence-corrected chi connectivity index (χ4v) is 1.13. The minimum atomic E-state index is -0.369. The summed E-state index contributed by atoms with van der Waals surface area (Å²) < 4.78 is 0. The molecule has 0 aliphatic rings. The molecule has 0 saturated carbocycles. The van der Waals surface area contributed by atoms with Gasteiger partial charge in [-0.2, -0.15) is 5.26 Å². The highest BCUT2D eigenvalue weighted by Gasteiger charge is 2.03. The topological polar surface area (TPSA) is 40.9 Å². The van der Waals surface area contributed by atoms with E-state index in [1.807, 2.05) is 6.07 Å². The summed E-state index contributed by atoms with van der Waals surface area (Å²) in [6.07, 6.45) is 7.38. The van der Waals surface area contributed by atoms with Crippen molar-refractivity contribution in [2.24, 2.45) is 5.92 Å². The van der Waals surface area contributed by atoms with Gasteiger partial charge in [0.05, 0.1) is 6.07 Å². The van der Waals surface area contributed by atoms with Gasteiger partial charge in [0.1, 0.15) is 12.2 Å². The maximum Gasteiger partial charge on any atom is 0.137 e. The van der Waals surface area contributed by atoms with Crippen LogP contribution >= 0.6 is 0 Å². The number of unbranched alkanes of at least 4 members (excludes halogenated alkanes) is 4. The van der Waals surface area contributed by atoms with Crippen LogP contribution in [0.5, 0.6) is 0 Å². The lowest BCUT2D eigenvalue weighted by molar-refractivity contribution is -0.109. The number of hydrogen-bond donors (Lipinski definition) is 0. The fourth-order valence-electron chi connectivity index (χ4n) is 1.13. The molecule has 0 N–H and O–H groups in total. The average Bonchev–Trinajstić information content (AvgIpc) is 2.11. The second-order valence-electron chi connectivity index (χ2n) is 3.07. The normalized spacial score (nSPS) is 12.0. The highest BCUT2D eigenvalue weighted by molar-refractivity contribution is 5.57. The molecule has 0 aliphatic heterocycles. The van der Waals surface area contributed by atoms with E-state index in [1.165, 1.54) is 19.3 Å². The Bertz CT molecular complexity index is 148. The van der Waals surface area contributed by atoms with Crippen LogP contribution in [0.15, 0.2) is 0 Å². The molecular weight excluding hydrogens is 150 g/mol. The first-order valence-corrected chi connectivity index (χ1v) is 4.70. The fraction of sp³-hybridized carbons (Fsp3) is 0.800. The lowest BCUT2D eigenvalue weighted by Crippen LogP contribution is -1.97. The van der Waals surface area contributed by atoms with Gasteiger partial charge in [0.25, 0.3) is 0 Å². The number of hydrogen-bond acceptors (Lipinski definition) is 2. The number of aldehydes is 1. The number of carbonyl (C=O) groups is 1. The lowest BCUT2D eigenvalue weighted by atomic mass is 10.0. The molecule has 12 heavy (non-hydrogen) atoms. The van der Waals surface area contributed by atoms with Crippen LogP contribution in [0.3, 0.4) is 0 Å². The Morgan fingerprint density at radius 1 is 1.33 bits per heavy atom. The van der Waals surface area contributed by atoms with Crippen LogP contribution in [0.2, 0.25) is 0 Å². The van der Waals surface area contributed by atoms with Gasteiger partial charge in [-0.3, -0.25) is 0 Å². The zero-order chi connectivity index (χ0) is 9.23. The predicted octanol–water partition coefficient (Wildman–Crippen LogP) is 2.69. The summed E-state index contributed by atoms with van der Waals surface area (Å²) in [5.41, 5.74) is 0. The largest absolute Gasteiger partial charge is 0.302 e. The summed E-state index contributed by atoms with van der Waals surface area (Å²) in [6.45, 7) is 2.17. The van der Waals surface area contributed by atoms with Crippen LogP contribution in [0, 0.1) is 17.2 Å². The van der Waals surface area contributed by atoms with Crippen molar-refractivity contribution >= 4 is 6.29 Å². The van der Waals surface area contributed by atoms with Gasteiger partial charge in [-0.05, 0) is 6.42 Å². The minimum Gasteiger partial charge on any atom is -0.302 e. The molecule has 0 fully saturated rings. The van der Waals surface area contributed by atoms with Gasteiger partial charge in [0.15, 0.2) is 0 Å². The van der Waals surface area contributed by atoms with Gasteiger partial charge in [0, 0.05) is 0 Å². The van der Waals surface area contributed by atoms with Crippen LogP contribution in [-0.4, -0.2) is 6.29 Å². The van der Waals surface area contributed by atoms with Crippen molar-refractivity contribution < 1.29 is 4.79 Å². The summed E-state index contributed by atoms with van der Waals surface area (Å²) in [4.78, 5) is 10.2. The first-order valence-electron chi connectivity index (χ1n) is 4.70. The standard InChI is InChI=1S/C10H17NO/c1-2-3-4-5-6-7-10(8-11)9-12/h9-10H,2-7H2,1H3. The molecule has 0 saturated heterocycles. The molecule has 0 heterocycles. The summed E-state index contributed by atoms with van der Waals surface area (Å²) in [5, 5.41) is 8.45. The highest BCUT2D eigenvalue weighted by Crippen LogP contribution is 2.09. The van der Waals surface area contributed by atoms with Crippen LogP contribution in [0.4, 0.5) is 0 Å². The minimum absolute atomic E-state index is 0.369. The molecule has 1 unspecified atom stereocenters. The van der Waals surface area contributed by atoms with E-state index in [4.69, 9.17) is 5.26 Å². The second-order valence-corrected chi connectivity index (χ2v) is 3.07. The molecule has 0 aromatic carbocycles. The van der Waals surface area contributed by atoms with Crippen molar-refractivity contribution in [3.8, 4) is 6.07 Å². The van der Waals surface area contributed by atoms with Crippen molar-refractivity contribution in [2.75, 3.05) is 0 Å². The van der Waals surface area contributed by atoms with Crippen LogP contribution in [0.1, 0.15) is 45.4 Å². The third-order valence-electron chi connectivity index (χ3n) is 1.95.